The van der Waals surface area contributed by atoms with Gasteiger partial charge < -0.3 is 5.11 Å². The standard InChI is InChI=1S/C10H18N2O/c1-5-6-12-9(13)8(7-11-12)10(2,3)4/h7,13H,5-6H2,1-4H3. The number of hydrogen-bond donors (Lipinski definition) is 1. The first kappa shape index (κ1) is 10.1. The van der Waals surface area contributed by atoms with Crippen molar-refractivity contribution in [1.82, 2.24) is 9.78 Å². The van der Waals surface area contributed by atoms with Crippen molar-refractivity contribution in [2.45, 2.75) is 46.1 Å². The molecule has 13 heavy (non-hydrogen) atoms. The maximum Gasteiger partial charge on any atom is 0.213 e. The van der Waals surface area contributed by atoms with E-state index in [9.17, 15) is 5.11 Å². The fourth-order valence-corrected chi connectivity index (χ4v) is 1.28. The Kier molecular flexibility index (Phi) is 2.64. The van der Waals surface area contributed by atoms with E-state index in [4.69, 9.17) is 0 Å². The zero-order chi connectivity index (χ0) is 10.1. The van der Waals surface area contributed by atoms with Gasteiger partial charge in [0.05, 0.1) is 6.20 Å². The summed E-state index contributed by atoms with van der Waals surface area (Å²) in [5.74, 6) is 0.314. The highest BCUT2D eigenvalue weighted by atomic mass is 16.3. The zero-order valence-corrected chi connectivity index (χ0v) is 8.83. The van der Waals surface area contributed by atoms with Crippen LogP contribution >= 0.6 is 0 Å². The Hall–Kier alpha value is -0.990. The fourth-order valence-electron chi connectivity index (χ4n) is 1.28. The largest absolute Gasteiger partial charge is 0.493 e. The van der Waals surface area contributed by atoms with Gasteiger partial charge in [0.1, 0.15) is 0 Å². The van der Waals surface area contributed by atoms with Crippen LogP contribution in [0.3, 0.4) is 0 Å². The summed E-state index contributed by atoms with van der Waals surface area (Å²) in [7, 11) is 0. The summed E-state index contributed by atoms with van der Waals surface area (Å²) in [5, 5.41) is 13.9. The predicted octanol–water partition coefficient (Wildman–Crippen LogP) is 2.30. The summed E-state index contributed by atoms with van der Waals surface area (Å²) in [6.45, 7) is 9.06. The second-order valence-electron chi connectivity index (χ2n) is 4.35. The van der Waals surface area contributed by atoms with Gasteiger partial charge in [-0.05, 0) is 11.8 Å². The molecule has 0 amide bonds. The van der Waals surface area contributed by atoms with E-state index in [2.05, 4.69) is 32.8 Å². The Bertz CT molecular complexity index is 284. The van der Waals surface area contributed by atoms with Crippen LogP contribution in [-0.2, 0) is 12.0 Å². The predicted molar refractivity (Wildman–Crippen MR) is 52.9 cm³/mol. The summed E-state index contributed by atoms with van der Waals surface area (Å²) in [4.78, 5) is 0. The molecule has 74 valence electrons. The van der Waals surface area contributed by atoms with Gasteiger partial charge in [0, 0.05) is 12.1 Å². The van der Waals surface area contributed by atoms with Crippen molar-refractivity contribution < 1.29 is 5.11 Å². The van der Waals surface area contributed by atoms with Gasteiger partial charge in [0.15, 0.2) is 0 Å². The molecule has 3 nitrogen and oxygen atoms in total. The van der Waals surface area contributed by atoms with Crippen LogP contribution in [-0.4, -0.2) is 14.9 Å². The molecule has 1 heterocycles. The third-order valence-corrected chi connectivity index (χ3v) is 2.06. The second kappa shape index (κ2) is 3.40. The average Bonchev–Trinajstić information content (AvgIpc) is 2.32. The van der Waals surface area contributed by atoms with E-state index in [1.165, 1.54) is 0 Å². The molecule has 1 rings (SSSR count). The smallest absolute Gasteiger partial charge is 0.213 e. The molecule has 0 aromatic carbocycles. The first-order valence-electron chi connectivity index (χ1n) is 4.72. The molecule has 3 heteroatoms. The van der Waals surface area contributed by atoms with E-state index in [1.807, 2.05) is 0 Å². The van der Waals surface area contributed by atoms with E-state index in [0.29, 0.717) is 5.88 Å². The van der Waals surface area contributed by atoms with Crippen LogP contribution in [0.4, 0.5) is 0 Å². The van der Waals surface area contributed by atoms with Gasteiger partial charge in [-0.1, -0.05) is 27.7 Å². The molecule has 1 aromatic rings. The highest BCUT2D eigenvalue weighted by molar-refractivity contribution is 5.29. The van der Waals surface area contributed by atoms with Crippen LogP contribution in [0.2, 0.25) is 0 Å². The zero-order valence-electron chi connectivity index (χ0n) is 8.83. The van der Waals surface area contributed by atoms with Crippen molar-refractivity contribution in [2.24, 2.45) is 0 Å². The quantitative estimate of drug-likeness (QED) is 0.762. The Balaban J connectivity index is 2.99. The summed E-state index contributed by atoms with van der Waals surface area (Å²) in [6, 6.07) is 0. The van der Waals surface area contributed by atoms with E-state index in [1.54, 1.807) is 10.9 Å². The van der Waals surface area contributed by atoms with Crippen LogP contribution in [0.15, 0.2) is 6.20 Å². The summed E-state index contributed by atoms with van der Waals surface area (Å²) in [5.41, 5.74) is 0.886. The first-order chi connectivity index (χ1) is 5.96. The lowest BCUT2D eigenvalue weighted by Crippen LogP contribution is -2.10. The van der Waals surface area contributed by atoms with E-state index in [-0.39, 0.29) is 5.41 Å². The lowest BCUT2D eigenvalue weighted by atomic mass is 9.89. The van der Waals surface area contributed by atoms with Crippen LogP contribution in [0.5, 0.6) is 5.88 Å². The van der Waals surface area contributed by atoms with Gasteiger partial charge >= 0.3 is 0 Å². The molecule has 0 saturated heterocycles. The highest BCUT2D eigenvalue weighted by Gasteiger charge is 2.21. The van der Waals surface area contributed by atoms with E-state index < -0.39 is 0 Å². The molecule has 0 atom stereocenters. The lowest BCUT2D eigenvalue weighted by Gasteiger charge is -2.16. The summed E-state index contributed by atoms with van der Waals surface area (Å²) in [6.07, 6.45) is 2.74. The molecule has 0 aliphatic rings. The second-order valence-corrected chi connectivity index (χ2v) is 4.35. The number of aromatic nitrogens is 2. The number of nitrogens with zero attached hydrogens (tertiary/aromatic N) is 2. The highest BCUT2D eigenvalue weighted by Crippen LogP contribution is 2.29. The minimum absolute atomic E-state index is 0.0317. The number of aromatic hydroxyl groups is 1. The van der Waals surface area contributed by atoms with Crippen LogP contribution < -0.4 is 0 Å². The monoisotopic (exact) mass is 182 g/mol. The normalized spacial score (nSPS) is 12.0. The molecule has 1 N–H and O–H groups in total. The van der Waals surface area contributed by atoms with Gasteiger partial charge in [0.25, 0.3) is 0 Å². The van der Waals surface area contributed by atoms with Crippen molar-refractivity contribution in [2.75, 3.05) is 0 Å². The Morgan fingerprint density at radius 1 is 1.46 bits per heavy atom. The molecule has 0 aliphatic carbocycles. The van der Waals surface area contributed by atoms with Crippen molar-refractivity contribution in [3.05, 3.63) is 11.8 Å². The number of hydrogen-bond acceptors (Lipinski definition) is 2. The molecular formula is C10H18N2O. The van der Waals surface area contributed by atoms with Crippen LogP contribution in [0.25, 0.3) is 0 Å². The topological polar surface area (TPSA) is 38.0 Å². The molecule has 0 unspecified atom stereocenters. The third kappa shape index (κ3) is 2.02. The summed E-state index contributed by atoms with van der Waals surface area (Å²) < 4.78 is 1.65. The van der Waals surface area contributed by atoms with Gasteiger partial charge in [-0.25, -0.2) is 4.68 Å². The Morgan fingerprint density at radius 2 is 2.08 bits per heavy atom. The molecule has 0 bridgehead atoms. The molecule has 0 radical (unpaired) electrons. The van der Waals surface area contributed by atoms with Crippen molar-refractivity contribution in [3.8, 4) is 5.88 Å². The maximum atomic E-state index is 9.80. The fraction of sp³-hybridized carbons (Fsp3) is 0.700. The molecule has 0 saturated carbocycles. The molecule has 0 aliphatic heterocycles. The maximum absolute atomic E-state index is 9.80. The van der Waals surface area contributed by atoms with Crippen molar-refractivity contribution >= 4 is 0 Å². The SMILES string of the molecule is CCCn1ncc(C(C)(C)C)c1O. The molecule has 1 aromatic heterocycles. The Morgan fingerprint density at radius 3 is 2.46 bits per heavy atom. The van der Waals surface area contributed by atoms with Gasteiger partial charge in [-0.2, -0.15) is 5.10 Å². The van der Waals surface area contributed by atoms with Crippen LogP contribution in [0.1, 0.15) is 39.7 Å². The van der Waals surface area contributed by atoms with E-state index in [0.717, 1.165) is 18.5 Å². The first-order valence-corrected chi connectivity index (χ1v) is 4.72. The van der Waals surface area contributed by atoms with E-state index >= 15 is 0 Å². The van der Waals surface area contributed by atoms with Crippen molar-refractivity contribution in [3.63, 3.8) is 0 Å². The molecule has 0 spiro atoms. The summed E-state index contributed by atoms with van der Waals surface area (Å²) >= 11 is 0. The Labute approximate surface area is 79.4 Å². The van der Waals surface area contributed by atoms with Crippen molar-refractivity contribution in [1.29, 1.82) is 0 Å². The molecule has 0 fully saturated rings. The minimum atomic E-state index is -0.0317. The average molecular weight is 182 g/mol. The van der Waals surface area contributed by atoms with Gasteiger partial charge in [-0.15, -0.1) is 0 Å². The van der Waals surface area contributed by atoms with Gasteiger partial charge in [0.2, 0.25) is 5.88 Å². The third-order valence-electron chi connectivity index (χ3n) is 2.06. The minimum Gasteiger partial charge on any atom is -0.493 e. The number of aryl methyl sites for hydroxylation is 1. The van der Waals surface area contributed by atoms with Gasteiger partial charge in [-0.3, -0.25) is 0 Å². The lowest BCUT2D eigenvalue weighted by molar-refractivity contribution is 0.383. The number of rotatable bonds is 2. The van der Waals surface area contributed by atoms with Crippen LogP contribution in [0, 0.1) is 0 Å². The molecular weight excluding hydrogens is 164 g/mol.